The molecule has 1 saturated heterocycles. The lowest BCUT2D eigenvalue weighted by Gasteiger charge is -2.30. The second-order valence-corrected chi connectivity index (χ2v) is 18.1. The molecule has 1 aromatic carbocycles. The first-order valence-corrected chi connectivity index (χ1v) is 22.2. The van der Waals surface area contributed by atoms with Gasteiger partial charge in [0.2, 0.25) is 35.4 Å². The number of aromatic amines is 2. The lowest BCUT2D eigenvalue weighted by Crippen LogP contribution is -2.59. The summed E-state index contributed by atoms with van der Waals surface area (Å²) < 4.78 is 5.55. The predicted octanol–water partition coefficient (Wildman–Crippen LogP) is 1.31. The maximum absolute atomic E-state index is 14.3. The Kier molecular flexibility index (Phi) is 19.0. The van der Waals surface area contributed by atoms with Gasteiger partial charge in [0.25, 0.3) is 0 Å². The summed E-state index contributed by atoms with van der Waals surface area (Å²) in [4.78, 5) is 110. The van der Waals surface area contributed by atoms with Crippen molar-refractivity contribution in [1.29, 1.82) is 0 Å². The lowest BCUT2D eigenvalue weighted by molar-refractivity contribution is -0.134. The topological polar surface area (TPSA) is 296 Å². The molecule has 7 amide bonds. The van der Waals surface area contributed by atoms with Crippen molar-refractivity contribution < 1.29 is 43.4 Å². The van der Waals surface area contributed by atoms with Gasteiger partial charge in [-0.3, -0.25) is 33.7 Å². The van der Waals surface area contributed by atoms with Gasteiger partial charge in [0.05, 0.1) is 31.2 Å². The van der Waals surface area contributed by atoms with Gasteiger partial charge in [-0.1, -0.05) is 64.4 Å². The number of carbonyl (C=O) groups excluding carboxylic acids is 7. The first kappa shape index (κ1) is 51.3. The number of aliphatic hydroxyl groups is 1. The number of nitrogens with two attached hydrogens (primary N) is 1. The molecule has 20 nitrogen and oxygen atoms in total. The number of amides is 7. The van der Waals surface area contributed by atoms with Crippen LogP contribution in [0.15, 0.2) is 55.4 Å². The second-order valence-electron chi connectivity index (χ2n) is 18.1. The highest BCUT2D eigenvalue weighted by molar-refractivity contribution is 5.95. The van der Waals surface area contributed by atoms with Crippen LogP contribution in [0.4, 0.5) is 4.79 Å². The smallest absolute Gasteiger partial charge is 0.410 e. The zero-order valence-electron chi connectivity index (χ0n) is 38.4. The van der Waals surface area contributed by atoms with Crippen LogP contribution < -0.4 is 32.3 Å². The highest BCUT2D eigenvalue weighted by atomic mass is 16.6. The quantitative estimate of drug-likeness (QED) is 0.0654. The second kappa shape index (κ2) is 24.1. The normalized spacial score (nSPS) is 17.1. The molecule has 8 atom stereocenters. The van der Waals surface area contributed by atoms with E-state index >= 15 is 0 Å². The number of nitrogens with zero attached hydrogens (tertiary/aromatic N) is 3. The number of imidazole rings is 2. The number of hydrogen-bond acceptors (Lipinski definition) is 11. The Labute approximate surface area is 379 Å². The summed E-state index contributed by atoms with van der Waals surface area (Å²) in [6.45, 7) is 12.9. The molecule has 20 heteroatoms. The van der Waals surface area contributed by atoms with Crippen LogP contribution in [0.1, 0.15) is 97.5 Å². The third-order valence-corrected chi connectivity index (χ3v) is 11.1. The van der Waals surface area contributed by atoms with Crippen molar-refractivity contribution in [3.8, 4) is 0 Å². The Morgan fingerprint density at radius 3 is 1.97 bits per heavy atom. The van der Waals surface area contributed by atoms with Gasteiger partial charge in [-0.05, 0) is 57.4 Å². The van der Waals surface area contributed by atoms with Gasteiger partial charge in [-0.15, -0.1) is 0 Å². The van der Waals surface area contributed by atoms with E-state index in [1.807, 2.05) is 26.8 Å². The first-order valence-electron chi connectivity index (χ1n) is 22.2. The molecule has 1 aliphatic rings. The van der Waals surface area contributed by atoms with Crippen LogP contribution in [0.3, 0.4) is 0 Å². The van der Waals surface area contributed by atoms with Crippen molar-refractivity contribution in [2.24, 2.45) is 17.6 Å². The number of likely N-dealkylation sites (tertiary alicyclic amines) is 1. The molecule has 3 heterocycles. The minimum Gasteiger partial charge on any atom is -0.444 e. The fourth-order valence-electron chi connectivity index (χ4n) is 7.47. The number of hydrogen-bond donors (Lipinski definition) is 9. The van der Waals surface area contributed by atoms with Crippen molar-refractivity contribution in [3.05, 3.63) is 72.3 Å². The Morgan fingerprint density at radius 2 is 1.42 bits per heavy atom. The molecular weight excluding hydrogens is 839 g/mol. The number of rotatable bonds is 23. The van der Waals surface area contributed by atoms with Crippen LogP contribution in [0.25, 0.3) is 0 Å². The molecule has 10 N–H and O–H groups in total. The molecule has 1 fully saturated rings. The highest BCUT2D eigenvalue weighted by Crippen LogP contribution is 2.22. The summed E-state index contributed by atoms with van der Waals surface area (Å²) in [5.41, 5.74) is 6.60. The van der Waals surface area contributed by atoms with E-state index in [4.69, 9.17) is 10.5 Å². The number of primary amides is 1. The van der Waals surface area contributed by atoms with E-state index in [1.165, 1.54) is 29.9 Å². The molecule has 0 spiro atoms. The molecule has 4 rings (SSSR count). The average molecular weight is 906 g/mol. The number of benzene rings is 1. The fourth-order valence-corrected chi connectivity index (χ4v) is 7.47. The number of aliphatic hydroxyl groups excluding tert-OH is 1. The molecule has 0 bridgehead atoms. The Morgan fingerprint density at radius 1 is 0.831 bits per heavy atom. The van der Waals surface area contributed by atoms with E-state index in [9.17, 15) is 38.7 Å². The molecule has 0 radical (unpaired) electrons. The van der Waals surface area contributed by atoms with E-state index in [0.717, 1.165) is 5.56 Å². The van der Waals surface area contributed by atoms with Crippen molar-refractivity contribution in [2.75, 3.05) is 6.54 Å². The zero-order chi connectivity index (χ0) is 47.8. The Hall–Kier alpha value is -6.31. The molecule has 0 unspecified atom stereocenters. The van der Waals surface area contributed by atoms with Crippen molar-refractivity contribution in [2.45, 2.75) is 148 Å². The zero-order valence-corrected chi connectivity index (χ0v) is 38.4. The van der Waals surface area contributed by atoms with E-state index in [2.05, 4.69) is 46.5 Å². The van der Waals surface area contributed by atoms with E-state index in [-0.39, 0.29) is 37.5 Å². The molecular formula is C45H67N11O9. The molecule has 1 aliphatic heterocycles. The molecule has 0 aliphatic carbocycles. The summed E-state index contributed by atoms with van der Waals surface area (Å²) in [5, 5.41) is 25.4. The van der Waals surface area contributed by atoms with Crippen LogP contribution in [0.5, 0.6) is 0 Å². The maximum Gasteiger partial charge on any atom is 0.410 e. The van der Waals surface area contributed by atoms with Crippen molar-refractivity contribution in [1.82, 2.24) is 51.4 Å². The van der Waals surface area contributed by atoms with Gasteiger partial charge >= 0.3 is 6.09 Å². The fraction of sp³-hybridized carbons (Fsp3) is 0.578. The van der Waals surface area contributed by atoms with Gasteiger partial charge < -0.3 is 52.1 Å². The molecule has 3 aromatic rings. The van der Waals surface area contributed by atoms with E-state index in [0.29, 0.717) is 37.2 Å². The lowest BCUT2D eigenvalue weighted by atomic mass is 9.95. The highest BCUT2D eigenvalue weighted by Gasteiger charge is 2.39. The summed E-state index contributed by atoms with van der Waals surface area (Å²) in [6, 6.07) is 2.53. The Bertz CT molecular complexity index is 2020. The van der Waals surface area contributed by atoms with Gasteiger partial charge in [0.15, 0.2) is 0 Å². The van der Waals surface area contributed by atoms with Crippen molar-refractivity contribution >= 4 is 41.5 Å². The first-order chi connectivity index (χ1) is 30.7. The minimum atomic E-state index is -1.44. The van der Waals surface area contributed by atoms with E-state index in [1.54, 1.807) is 52.0 Å². The van der Waals surface area contributed by atoms with Gasteiger partial charge in [0, 0.05) is 49.6 Å². The predicted molar refractivity (Wildman–Crippen MR) is 239 cm³/mol. The van der Waals surface area contributed by atoms with Crippen LogP contribution in [-0.2, 0) is 52.8 Å². The number of nitrogens with one attached hydrogen (secondary N) is 7. The Balaban J connectivity index is 1.51. The number of ether oxygens (including phenoxy) is 1. The van der Waals surface area contributed by atoms with Crippen LogP contribution >= 0.6 is 0 Å². The number of carbonyl (C=O) groups is 7. The summed E-state index contributed by atoms with van der Waals surface area (Å²) >= 11 is 0. The number of H-pyrrole nitrogens is 2. The summed E-state index contributed by atoms with van der Waals surface area (Å²) in [7, 11) is 0. The summed E-state index contributed by atoms with van der Waals surface area (Å²) in [5.74, 6) is -4.46. The molecule has 0 saturated carbocycles. The summed E-state index contributed by atoms with van der Waals surface area (Å²) in [6.07, 6.45) is 4.97. The third kappa shape index (κ3) is 16.3. The van der Waals surface area contributed by atoms with Crippen LogP contribution in [0, 0.1) is 11.8 Å². The largest absolute Gasteiger partial charge is 0.444 e. The van der Waals surface area contributed by atoms with E-state index < -0.39 is 95.9 Å². The third-order valence-electron chi connectivity index (χ3n) is 11.1. The van der Waals surface area contributed by atoms with Crippen LogP contribution in [-0.4, -0.2) is 126 Å². The monoisotopic (exact) mass is 906 g/mol. The standard InChI is InChI=1S/C45H67N11O9/c1-8-27(4)38(43(63)52-32(39(46)59)19-29-22-47-24-49-29)55-37(58)21-36(57)31(17-26(2)3)51-41(61)34(20-30-23-48-25-50-30)53-40(60)33(18-28-13-10-9-11-14-28)54-42(62)35-15-12-16-56(35)44(64)65-45(5,6)7/h9-11,13-14,22-27,31-36,38,57H,8,12,15-21H2,1-7H3,(H2,46,59)(H,47,49)(H,48,50)(H,51,61)(H,52,63)(H,53,60)(H,54,62)(H,55,58)/t27-,31-,32-,33-,34-,35-,36-,38-/m0/s1. The van der Waals surface area contributed by atoms with Gasteiger partial charge in [-0.25, -0.2) is 14.8 Å². The van der Waals surface area contributed by atoms with Gasteiger partial charge in [-0.2, -0.15) is 0 Å². The average Bonchev–Trinajstić information content (AvgIpc) is 4.06. The molecule has 356 valence electrons. The number of aromatic nitrogens is 4. The minimum absolute atomic E-state index is 0.0523. The molecule has 2 aromatic heterocycles. The maximum atomic E-state index is 14.3. The van der Waals surface area contributed by atoms with Crippen LogP contribution in [0.2, 0.25) is 0 Å². The van der Waals surface area contributed by atoms with Crippen molar-refractivity contribution in [3.63, 3.8) is 0 Å². The van der Waals surface area contributed by atoms with Gasteiger partial charge in [0.1, 0.15) is 35.8 Å². The SMILES string of the molecule is CC[C@H](C)[C@H](NC(=O)C[C@H](O)[C@H](CC(C)C)NC(=O)[C@H](Cc1cnc[nH]1)NC(=O)[C@H](Cc1ccccc1)NC(=O)[C@@H]1CCCN1C(=O)OC(C)(C)C)C(=O)N[C@@H](Cc1cnc[nH]1)C(N)=O. The molecule has 65 heavy (non-hydrogen) atoms.